The first kappa shape index (κ1) is 20.1. The largest absolute Gasteiger partial charge is 0.507 e. The average Bonchev–Trinajstić information content (AvgIpc) is 3.08. The van der Waals surface area contributed by atoms with Gasteiger partial charge in [0.15, 0.2) is 11.5 Å². The molecule has 1 atom stereocenters. The minimum Gasteiger partial charge on any atom is -0.507 e. The molecule has 1 saturated heterocycles. The van der Waals surface area contributed by atoms with Gasteiger partial charge in [-0.3, -0.25) is 9.59 Å². The number of rotatable bonds is 4. The third-order valence-electron chi connectivity index (χ3n) is 5.91. The molecule has 2 aliphatic heterocycles. The third-order valence-corrected chi connectivity index (χ3v) is 5.91. The maximum absolute atomic E-state index is 13.1. The summed E-state index contributed by atoms with van der Waals surface area (Å²) in [6.07, 6.45) is 0.685. The molecule has 2 aliphatic rings. The highest BCUT2D eigenvalue weighted by molar-refractivity contribution is 6.46. The monoisotopic (exact) mass is 429 g/mol. The van der Waals surface area contributed by atoms with Crippen LogP contribution in [0.4, 0.5) is 0 Å². The number of likely N-dealkylation sites (tertiary alicyclic amines) is 1. The Morgan fingerprint density at radius 1 is 0.969 bits per heavy atom. The fourth-order valence-electron chi connectivity index (χ4n) is 4.42. The molecule has 0 spiro atoms. The van der Waals surface area contributed by atoms with E-state index < -0.39 is 17.7 Å². The molecule has 3 aromatic carbocycles. The van der Waals surface area contributed by atoms with Crippen molar-refractivity contribution in [2.24, 2.45) is 0 Å². The predicted octanol–water partition coefficient (Wildman–Crippen LogP) is 4.44. The standard InChI is InChI=1S/C26H23NO5/c1-2-11-27-23(18-9-10-20-21(15-18)32-13-12-31-20)22(25(29)26(27)30)24(28)19-8-7-16-5-3-4-6-17(16)14-19/h3-10,14-15,23,28H,2,11-13H2,1H3/b24-22-. The molecule has 1 amide bonds. The molecular weight excluding hydrogens is 406 g/mol. The van der Waals surface area contributed by atoms with Gasteiger partial charge >= 0.3 is 0 Å². The molecule has 6 nitrogen and oxygen atoms in total. The second-order valence-electron chi connectivity index (χ2n) is 7.96. The van der Waals surface area contributed by atoms with Crippen molar-refractivity contribution in [3.63, 3.8) is 0 Å². The molecule has 2 heterocycles. The van der Waals surface area contributed by atoms with E-state index in [0.717, 1.165) is 10.8 Å². The van der Waals surface area contributed by atoms with Crippen molar-refractivity contribution in [1.29, 1.82) is 0 Å². The number of amides is 1. The summed E-state index contributed by atoms with van der Waals surface area (Å²) < 4.78 is 11.3. The van der Waals surface area contributed by atoms with Gasteiger partial charge in [-0.25, -0.2) is 0 Å². The van der Waals surface area contributed by atoms with Crippen LogP contribution in [0.15, 0.2) is 66.2 Å². The lowest BCUT2D eigenvalue weighted by Gasteiger charge is -2.26. The second kappa shape index (κ2) is 8.04. The summed E-state index contributed by atoms with van der Waals surface area (Å²) in [6, 6.07) is 18.0. The van der Waals surface area contributed by atoms with Gasteiger partial charge in [-0.1, -0.05) is 49.4 Å². The second-order valence-corrected chi connectivity index (χ2v) is 7.96. The Morgan fingerprint density at radius 2 is 1.72 bits per heavy atom. The summed E-state index contributed by atoms with van der Waals surface area (Å²) in [5.41, 5.74) is 1.29. The van der Waals surface area contributed by atoms with E-state index in [4.69, 9.17) is 9.47 Å². The summed E-state index contributed by atoms with van der Waals surface area (Å²) in [6.45, 7) is 3.26. The number of Topliss-reactive ketones (excluding diaryl/α,β-unsaturated/α-hetero) is 1. The summed E-state index contributed by atoms with van der Waals surface area (Å²) in [4.78, 5) is 27.5. The molecule has 1 unspecified atom stereocenters. The normalized spacial score (nSPS) is 19.5. The molecule has 0 saturated carbocycles. The Morgan fingerprint density at radius 3 is 2.50 bits per heavy atom. The van der Waals surface area contributed by atoms with E-state index in [-0.39, 0.29) is 11.3 Å². The number of hydrogen-bond donors (Lipinski definition) is 1. The predicted molar refractivity (Wildman–Crippen MR) is 121 cm³/mol. The fourth-order valence-corrected chi connectivity index (χ4v) is 4.42. The average molecular weight is 429 g/mol. The van der Waals surface area contributed by atoms with Crippen molar-refractivity contribution < 1.29 is 24.2 Å². The first-order valence-electron chi connectivity index (χ1n) is 10.8. The van der Waals surface area contributed by atoms with Crippen LogP contribution in [-0.4, -0.2) is 41.5 Å². The third kappa shape index (κ3) is 3.28. The first-order valence-corrected chi connectivity index (χ1v) is 10.8. The summed E-state index contributed by atoms with van der Waals surface area (Å²) >= 11 is 0. The zero-order chi connectivity index (χ0) is 22.2. The van der Waals surface area contributed by atoms with E-state index in [9.17, 15) is 14.7 Å². The summed E-state index contributed by atoms with van der Waals surface area (Å²) in [5, 5.41) is 13.2. The van der Waals surface area contributed by atoms with E-state index >= 15 is 0 Å². The number of fused-ring (bicyclic) bond motifs is 2. The van der Waals surface area contributed by atoms with Gasteiger partial charge in [0.05, 0.1) is 11.6 Å². The van der Waals surface area contributed by atoms with E-state index in [2.05, 4.69) is 0 Å². The molecule has 162 valence electrons. The molecule has 3 aromatic rings. The van der Waals surface area contributed by atoms with Crippen molar-refractivity contribution in [2.45, 2.75) is 19.4 Å². The van der Waals surface area contributed by atoms with Crippen molar-refractivity contribution in [2.75, 3.05) is 19.8 Å². The summed E-state index contributed by atoms with van der Waals surface area (Å²) in [7, 11) is 0. The van der Waals surface area contributed by atoms with Crippen LogP contribution in [0.5, 0.6) is 11.5 Å². The number of carbonyl (C=O) groups is 2. The molecule has 32 heavy (non-hydrogen) atoms. The van der Waals surface area contributed by atoms with Gasteiger partial charge < -0.3 is 19.5 Å². The van der Waals surface area contributed by atoms with Gasteiger partial charge in [-0.05, 0) is 41.0 Å². The molecule has 5 rings (SSSR count). The Labute approximate surface area is 185 Å². The number of carbonyl (C=O) groups excluding carboxylic acids is 2. The summed E-state index contributed by atoms with van der Waals surface area (Å²) in [5.74, 6) is -0.255. The number of ketones is 1. The van der Waals surface area contributed by atoms with Gasteiger partial charge in [0, 0.05) is 12.1 Å². The molecule has 0 radical (unpaired) electrons. The van der Waals surface area contributed by atoms with Crippen LogP contribution in [0.3, 0.4) is 0 Å². The quantitative estimate of drug-likeness (QED) is 0.377. The molecule has 0 aromatic heterocycles. The van der Waals surface area contributed by atoms with E-state index in [1.165, 1.54) is 4.90 Å². The zero-order valence-corrected chi connectivity index (χ0v) is 17.7. The van der Waals surface area contributed by atoms with Crippen LogP contribution >= 0.6 is 0 Å². The van der Waals surface area contributed by atoms with Crippen LogP contribution in [0.1, 0.15) is 30.5 Å². The SMILES string of the molecule is CCCN1C(=O)C(=O)/C(=C(\O)c2ccc3ccccc3c2)C1c1ccc2c(c1)OCCO2. The van der Waals surface area contributed by atoms with Gasteiger partial charge in [0.25, 0.3) is 11.7 Å². The van der Waals surface area contributed by atoms with Gasteiger partial charge in [0.1, 0.15) is 19.0 Å². The molecular formula is C26H23NO5. The number of aliphatic hydroxyl groups excluding tert-OH is 1. The number of aliphatic hydroxyl groups is 1. The number of hydrogen-bond acceptors (Lipinski definition) is 5. The maximum atomic E-state index is 13.1. The molecule has 0 bridgehead atoms. The van der Waals surface area contributed by atoms with Crippen molar-refractivity contribution >= 4 is 28.2 Å². The lowest BCUT2D eigenvalue weighted by atomic mass is 9.94. The fraction of sp³-hybridized carbons (Fsp3) is 0.231. The lowest BCUT2D eigenvalue weighted by molar-refractivity contribution is -0.139. The minimum atomic E-state index is -0.697. The number of ether oxygens (including phenoxy) is 2. The van der Waals surface area contributed by atoms with Crippen LogP contribution in [0, 0.1) is 0 Å². The van der Waals surface area contributed by atoms with Crippen molar-refractivity contribution in [1.82, 2.24) is 4.90 Å². The van der Waals surface area contributed by atoms with Crippen LogP contribution < -0.4 is 9.47 Å². The highest BCUT2D eigenvalue weighted by atomic mass is 16.6. The Kier molecular flexibility index (Phi) is 5.05. The topological polar surface area (TPSA) is 76.1 Å². The highest BCUT2D eigenvalue weighted by Gasteiger charge is 2.46. The van der Waals surface area contributed by atoms with Crippen LogP contribution in [0.25, 0.3) is 16.5 Å². The zero-order valence-electron chi connectivity index (χ0n) is 17.7. The van der Waals surface area contributed by atoms with Crippen molar-refractivity contribution in [3.8, 4) is 11.5 Å². The molecule has 1 N–H and O–H groups in total. The Bertz CT molecular complexity index is 1260. The first-order chi connectivity index (χ1) is 15.6. The van der Waals surface area contributed by atoms with Crippen LogP contribution in [-0.2, 0) is 9.59 Å². The minimum absolute atomic E-state index is 0.0930. The smallest absolute Gasteiger partial charge is 0.295 e. The highest BCUT2D eigenvalue weighted by Crippen LogP contribution is 2.42. The Balaban J connectivity index is 1.66. The molecule has 6 heteroatoms. The van der Waals surface area contributed by atoms with E-state index in [1.807, 2.05) is 49.4 Å². The molecule has 1 fully saturated rings. The lowest BCUT2D eigenvalue weighted by Crippen LogP contribution is -2.30. The molecule has 0 aliphatic carbocycles. The number of nitrogens with zero attached hydrogens (tertiary/aromatic N) is 1. The van der Waals surface area contributed by atoms with Crippen LogP contribution in [0.2, 0.25) is 0 Å². The van der Waals surface area contributed by atoms with E-state index in [1.54, 1.807) is 18.2 Å². The van der Waals surface area contributed by atoms with Gasteiger partial charge in [-0.15, -0.1) is 0 Å². The van der Waals surface area contributed by atoms with Gasteiger partial charge in [-0.2, -0.15) is 0 Å². The van der Waals surface area contributed by atoms with Gasteiger partial charge in [0.2, 0.25) is 0 Å². The Hall–Kier alpha value is -3.80. The van der Waals surface area contributed by atoms with Crippen molar-refractivity contribution in [3.05, 3.63) is 77.4 Å². The maximum Gasteiger partial charge on any atom is 0.295 e. The van der Waals surface area contributed by atoms with E-state index in [0.29, 0.717) is 48.8 Å². The number of benzene rings is 3.